The molecular formula is C23H24F3N3O3S. The molecule has 1 fully saturated rings. The molecule has 0 spiro atoms. The zero-order chi connectivity index (χ0) is 23.8. The van der Waals surface area contributed by atoms with Gasteiger partial charge in [-0.1, -0.05) is 30.8 Å². The van der Waals surface area contributed by atoms with Crippen LogP contribution >= 0.6 is 11.8 Å². The summed E-state index contributed by atoms with van der Waals surface area (Å²) in [5, 5.41) is 2.42. The number of amides is 1. The summed E-state index contributed by atoms with van der Waals surface area (Å²) in [5.74, 6) is -0.613. The number of alkyl halides is 3. The Bertz CT molecular complexity index is 1040. The molecular weight excluding hydrogens is 455 g/mol. The molecule has 6 nitrogen and oxygen atoms in total. The summed E-state index contributed by atoms with van der Waals surface area (Å²) >= 11 is 1.34. The van der Waals surface area contributed by atoms with Gasteiger partial charge >= 0.3 is 12.1 Å². The average molecular weight is 480 g/mol. The fourth-order valence-corrected chi connectivity index (χ4v) is 5.25. The van der Waals surface area contributed by atoms with Crippen LogP contribution in [0.1, 0.15) is 49.8 Å². The van der Waals surface area contributed by atoms with Gasteiger partial charge in [0.2, 0.25) is 5.91 Å². The molecule has 0 aliphatic carbocycles. The van der Waals surface area contributed by atoms with Crippen molar-refractivity contribution < 1.29 is 27.5 Å². The number of amidine groups is 1. The minimum absolute atomic E-state index is 0.0170. The lowest BCUT2D eigenvalue weighted by molar-refractivity contribution is -0.138. The van der Waals surface area contributed by atoms with E-state index in [0.29, 0.717) is 28.5 Å². The van der Waals surface area contributed by atoms with E-state index in [0.717, 1.165) is 38.1 Å². The number of carbonyl (C=O) groups is 2. The maximum absolute atomic E-state index is 13.1. The first-order valence-corrected chi connectivity index (χ1v) is 11.6. The molecule has 4 rings (SSSR count). The highest BCUT2D eigenvalue weighted by Gasteiger charge is 2.42. The van der Waals surface area contributed by atoms with Gasteiger partial charge < -0.3 is 14.5 Å². The highest BCUT2D eigenvalue weighted by atomic mass is 32.2. The summed E-state index contributed by atoms with van der Waals surface area (Å²) < 4.78 is 44.4. The average Bonchev–Trinajstić information content (AvgIpc) is 3.47. The minimum atomic E-state index is -4.47. The first-order chi connectivity index (χ1) is 15.7. The molecule has 1 saturated heterocycles. The van der Waals surface area contributed by atoms with E-state index in [1.54, 1.807) is 4.90 Å². The quantitative estimate of drug-likeness (QED) is 0.565. The molecule has 176 valence electrons. The van der Waals surface area contributed by atoms with Gasteiger partial charge in [-0.3, -0.25) is 4.79 Å². The van der Waals surface area contributed by atoms with Crippen LogP contribution in [0.5, 0.6) is 0 Å². The fraction of sp³-hybridized carbons (Fsp3) is 0.435. The number of rotatable bonds is 5. The first kappa shape index (κ1) is 23.4. The monoisotopic (exact) mass is 479 g/mol. The summed E-state index contributed by atoms with van der Waals surface area (Å²) in [7, 11) is 1.26. The molecule has 1 amide bonds. The Morgan fingerprint density at radius 3 is 2.42 bits per heavy atom. The summed E-state index contributed by atoms with van der Waals surface area (Å²) in [6, 6.07) is 4.01. The lowest BCUT2D eigenvalue weighted by Crippen LogP contribution is -2.38. The van der Waals surface area contributed by atoms with Gasteiger partial charge in [0, 0.05) is 18.8 Å². The highest BCUT2D eigenvalue weighted by Crippen LogP contribution is 2.46. The van der Waals surface area contributed by atoms with Crippen LogP contribution < -0.4 is 0 Å². The largest absolute Gasteiger partial charge is 0.466 e. The van der Waals surface area contributed by atoms with Gasteiger partial charge in [0.05, 0.1) is 36.4 Å². The molecule has 1 unspecified atom stereocenters. The number of thioether (sulfide) groups is 1. The second kappa shape index (κ2) is 9.24. The molecule has 0 aromatic heterocycles. The lowest BCUT2D eigenvalue weighted by atomic mass is 9.92. The number of likely N-dealkylation sites (tertiary alicyclic amines) is 1. The van der Waals surface area contributed by atoms with Gasteiger partial charge in [0.1, 0.15) is 0 Å². The number of benzene rings is 1. The van der Waals surface area contributed by atoms with Gasteiger partial charge in [-0.05, 0) is 42.4 Å². The van der Waals surface area contributed by atoms with Crippen molar-refractivity contribution in [3.8, 4) is 0 Å². The van der Waals surface area contributed by atoms with Gasteiger partial charge in [-0.15, -0.1) is 0 Å². The number of methoxy groups -OCH3 is 1. The fourth-order valence-electron chi connectivity index (χ4n) is 4.32. The smallest absolute Gasteiger partial charge is 0.416 e. The normalized spacial score (nSPS) is 20.6. The summed E-state index contributed by atoms with van der Waals surface area (Å²) in [6.07, 6.45) is -1.96. The number of carbonyl (C=O) groups excluding carboxylic acids is 2. The molecule has 3 aliphatic rings. The van der Waals surface area contributed by atoms with Crippen LogP contribution in [0.4, 0.5) is 13.2 Å². The highest BCUT2D eigenvalue weighted by molar-refractivity contribution is 8.16. The Hall–Kier alpha value is -2.75. The molecule has 10 heteroatoms. The van der Waals surface area contributed by atoms with Crippen LogP contribution in [0.3, 0.4) is 0 Å². The maximum Gasteiger partial charge on any atom is 0.416 e. The molecule has 0 saturated carbocycles. The molecule has 1 aromatic carbocycles. The van der Waals surface area contributed by atoms with Crippen molar-refractivity contribution in [2.45, 2.75) is 44.8 Å². The second-order valence-corrected chi connectivity index (χ2v) is 8.82. The van der Waals surface area contributed by atoms with E-state index in [9.17, 15) is 22.8 Å². The number of nitrogens with zero attached hydrogens (tertiary/aromatic N) is 3. The van der Waals surface area contributed by atoms with Crippen LogP contribution in [-0.4, -0.2) is 47.0 Å². The minimum Gasteiger partial charge on any atom is -0.466 e. The van der Waals surface area contributed by atoms with Crippen molar-refractivity contribution in [2.75, 3.05) is 20.2 Å². The number of esters is 1. The van der Waals surface area contributed by atoms with E-state index in [2.05, 4.69) is 4.99 Å². The van der Waals surface area contributed by atoms with Gasteiger partial charge in [0.25, 0.3) is 0 Å². The van der Waals surface area contributed by atoms with Crippen molar-refractivity contribution >= 4 is 28.8 Å². The molecule has 1 aromatic rings. The van der Waals surface area contributed by atoms with Crippen LogP contribution in [0.15, 0.2) is 51.6 Å². The lowest BCUT2D eigenvalue weighted by Gasteiger charge is -2.37. The van der Waals surface area contributed by atoms with Crippen LogP contribution in [0, 0.1) is 0 Å². The van der Waals surface area contributed by atoms with Crippen molar-refractivity contribution in [3.05, 3.63) is 57.8 Å². The van der Waals surface area contributed by atoms with Crippen molar-refractivity contribution in [1.29, 1.82) is 0 Å². The zero-order valence-electron chi connectivity index (χ0n) is 18.3. The summed E-state index contributed by atoms with van der Waals surface area (Å²) in [5.41, 5.74) is 1.17. The standard InChI is InChI=1S/C23H24F3N3O3S/c1-3-17-19(21(31)32-2)20(14-6-8-15(9-7-14)23(24,25)26)29-16(13-33-22(29)27-17)12-18(30)28-10-4-5-11-28/h6-9,13,20H,3-5,10-12H2,1-2H3. The predicted octanol–water partition coefficient (Wildman–Crippen LogP) is 4.86. The van der Waals surface area contributed by atoms with Gasteiger partial charge in [0.15, 0.2) is 5.17 Å². The third kappa shape index (κ3) is 4.53. The Kier molecular flexibility index (Phi) is 6.56. The van der Waals surface area contributed by atoms with E-state index in [4.69, 9.17) is 4.74 Å². The number of ether oxygens (including phenoxy) is 1. The Morgan fingerprint density at radius 1 is 1.18 bits per heavy atom. The topological polar surface area (TPSA) is 62.2 Å². The molecule has 0 bridgehead atoms. The first-order valence-electron chi connectivity index (χ1n) is 10.7. The van der Waals surface area contributed by atoms with Gasteiger partial charge in [-0.2, -0.15) is 13.2 Å². The van der Waals surface area contributed by atoms with Crippen LogP contribution in [-0.2, 0) is 20.5 Å². The third-order valence-corrected chi connectivity index (χ3v) is 6.86. The zero-order valence-corrected chi connectivity index (χ0v) is 19.1. The summed E-state index contributed by atoms with van der Waals surface area (Å²) in [4.78, 5) is 33.9. The van der Waals surface area contributed by atoms with E-state index in [-0.39, 0.29) is 17.9 Å². The number of allylic oxidation sites excluding steroid dienone is 1. The van der Waals surface area contributed by atoms with E-state index in [1.807, 2.05) is 17.2 Å². The molecule has 3 heterocycles. The van der Waals surface area contributed by atoms with Crippen molar-refractivity contribution in [3.63, 3.8) is 0 Å². The molecule has 33 heavy (non-hydrogen) atoms. The van der Waals surface area contributed by atoms with E-state index < -0.39 is 23.8 Å². The Morgan fingerprint density at radius 2 is 1.85 bits per heavy atom. The maximum atomic E-state index is 13.1. The summed E-state index contributed by atoms with van der Waals surface area (Å²) in [6.45, 7) is 3.29. The number of hydrogen-bond acceptors (Lipinski definition) is 6. The number of aliphatic imine (C=N–C) groups is 1. The SMILES string of the molecule is CCC1=C(C(=O)OC)C(c2ccc(C(F)(F)F)cc2)N2C(CC(=O)N3CCCC3)=CSC2=N1. The Labute approximate surface area is 194 Å². The van der Waals surface area contributed by atoms with E-state index in [1.165, 1.54) is 31.0 Å². The van der Waals surface area contributed by atoms with Crippen LogP contribution in [0.2, 0.25) is 0 Å². The van der Waals surface area contributed by atoms with Gasteiger partial charge in [-0.25, -0.2) is 9.79 Å². The molecule has 3 aliphatic heterocycles. The number of fused-ring (bicyclic) bond motifs is 1. The molecule has 0 radical (unpaired) electrons. The van der Waals surface area contributed by atoms with Crippen molar-refractivity contribution in [2.24, 2.45) is 4.99 Å². The molecule has 1 atom stereocenters. The van der Waals surface area contributed by atoms with Crippen LogP contribution in [0.25, 0.3) is 0 Å². The number of hydrogen-bond donors (Lipinski definition) is 0. The molecule has 0 N–H and O–H groups in total. The number of halogens is 3. The Balaban J connectivity index is 1.75. The predicted molar refractivity (Wildman–Crippen MR) is 119 cm³/mol. The van der Waals surface area contributed by atoms with Crippen molar-refractivity contribution in [1.82, 2.24) is 9.80 Å². The third-order valence-electron chi connectivity index (χ3n) is 5.97. The van der Waals surface area contributed by atoms with E-state index >= 15 is 0 Å². The second-order valence-electron chi connectivity index (χ2n) is 7.98.